The van der Waals surface area contributed by atoms with E-state index >= 15 is 0 Å². The van der Waals surface area contributed by atoms with Crippen LogP contribution in [0.5, 0.6) is 23.0 Å². The molecule has 0 bridgehead atoms. The Morgan fingerprint density at radius 1 is 0.607 bits per heavy atom. The number of carboxylic acids is 1. The molecule has 2 heterocycles. The monoisotopic (exact) mass is 841 g/mol. The molecule has 4 aromatic rings. The SMILES string of the molecule is CC1(C(=O)[C@@H](N)Cc2ccccc2)CO1.COc1ccc(C[C@H](C)C(=O)O)cc1OC.COc1ccc(C[C@H](N)C(=O)N[C@@H](Cc2ccccc2)C(=O)C2(C)CO2)cc1OC. The number of carbonyl (C=O) groups excluding carboxylic acids is 3. The van der Waals surface area contributed by atoms with Gasteiger partial charge in [0, 0.05) is 0 Å². The molecular weight excluding hydrogens is 783 g/mol. The molecule has 0 aromatic heterocycles. The second-order valence-corrected chi connectivity index (χ2v) is 15.4. The van der Waals surface area contributed by atoms with Gasteiger partial charge in [-0.15, -0.1) is 0 Å². The van der Waals surface area contributed by atoms with Crippen LogP contribution < -0.4 is 35.7 Å². The first-order valence-electron chi connectivity index (χ1n) is 20.0. The Labute approximate surface area is 357 Å². The van der Waals surface area contributed by atoms with E-state index < -0.39 is 41.2 Å². The molecule has 4 aromatic carbocycles. The number of Topliss-reactive ketones (excluding diaryl/α,β-unsaturated/α-hetero) is 2. The van der Waals surface area contributed by atoms with Gasteiger partial charge in [-0.2, -0.15) is 0 Å². The number of rotatable bonds is 19. The van der Waals surface area contributed by atoms with Crippen molar-refractivity contribution < 1.29 is 52.7 Å². The van der Waals surface area contributed by atoms with Crippen LogP contribution in [0.2, 0.25) is 0 Å². The van der Waals surface area contributed by atoms with Crippen molar-refractivity contribution in [2.24, 2.45) is 17.4 Å². The molecule has 0 saturated carbocycles. The standard InChI is InChI=1S/C23H28N2O5.C12H15NO2.C12H16O4/c1-23(14-30-23)21(26)18(12-15-7-5-4-6-8-15)25-22(27)17(24)11-16-9-10-19(28-2)20(13-16)29-3;1-12(8-15-12)11(14)10(13)7-9-5-3-2-4-6-9;1-8(12(13)14)6-9-4-5-10(15-2)11(7-9)16-3/h4-10,13,17-18H,11-12,14,24H2,1-3H3,(H,25,27);2-6,10H,7-8,13H2,1H3;4-5,7-8H,6H2,1-3H3,(H,13,14)/t17-,18-,23?;10-,12?;8-/m000/s1. The van der Waals surface area contributed by atoms with Gasteiger partial charge in [-0.3, -0.25) is 19.2 Å². The third-order valence-corrected chi connectivity index (χ3v) is 10.4. The fraction of sp³-hybridized carbons (Fsp3) is 0.404. The van der Waals surface area contributed by atoms with Crippen molar-refractivity contribution in [3.8, 4) is 23.0 Å². The van der Waals surface area contributed by atoms with Gasteiger partial charge in [-0.25, -0.2) is 0 Å². The van der Waals surface area contributed by atoms with Crippen molar-refractivity contribution in [3.63, 3.8) is 0 Å². The number of methoxy groups -OCH3 is 4. The van der Waals surface area contributed by atoms with E-state index in [1.54, 1.807) is 73.5 Å². The highest BCUT2D eigenvalue weighted by atomic mass is 16.6. The summed E-state index contributed by atoms with van der Waals surface area (Å²) in [6.45, 7) is 6.08. The number of ketones is 2. The average Bonchev–Trinajstić information content (AvgIpc) is 4.21. The highest BCUT2D eigenvalue weighted by molar-refractivity contribution is 5.97. The largest absolute Gasteiger partial charge is 0.493 e. The van der Waals surface area contributed by atoms with Crippen LogP contribution in [-0.2, 0) is 54.3 Å². The Morgan fingerprint density at radius 2 is 1.02 bits per heavy atom. The molecule has 61 heavy (non-hydrogen) atoms. The number of nitrogens with two attached hydrogens (primary N) is 2. The lowest BCUT2D eigenvalue weighted by Crippen LogP contribution is -2.52. The van der Waals surface area contributed by atoms with Crippen LogP contribution >= 0.6 is 0 Å². The molecule has 14 heteroatoms. The van der Waals surface area contributed by atoms with Crippen LogP contribution in [-0.4, -0.2) is 99.5 Å². The summed E-state index contributed by atoms with van der Waals surface area (Å²) in [7, 11) is 6.24. The fourth-order valence-electron chi connectivity index (χ4n) is 6.36. The maximum absolute atomic E-state index is 12.9. The second kappa shape index (κ2) is 22.2. The van der Waals surface area contributed by atoms with Crippen LogP contribution in [0.25, 0.3) is 0 Å². The van der Waals surface area contributed by atoms with Crippen molar-refractivity contribution in [2.75, 3.05) is 41.7 Å². The molecule has 328 valence electrons. The number of hydrogen-bond acceptors (Lipinski definition) is 12. The maximum atomic E-state index is 12.9. The van der Waals surface area contributed by atoms with Gasteiger partial charge in [-0.05, 0) is 86.1 Å². The zero-order valence-corrected chi connectivity index (χ0v) is 36.0. The number of benzene rings is 4. The summed E-state index contributed by atoms with van der Waals surface area (Å²) in [5.41, 5.74) is 14.4. The first-order chi connectivity index (χ1) is 29.1. The van der Waals surface area contributed by atoms with Gasteiger partial charge in [0.25, 0.3) is 0 Å². The molecule has 0 aliphatic carbocycles. The van der Waals surface area contributed by atoms with E-state index in [-0.39, 0.29) is 17.5 Å². The lowest BCUT2D eigenvalue weighted by atomic mass is 9.94. The lowest BCUT2D eigenvalue weighted by Gasteiger charge is -2.22. The predicted octanol–water partition coefficient (Wildman–Crippen LogP) is 4.54. The summed E-state index contributed by atoms with van der Waals surface area (Å²) < 4.78 is 31.2. The Morgan fingerprint density at radius 3 is 1.44 bits per heavy atom. The molecule has 0 radical (unpaired) electrons. The molecule has 1 amide bonds. The van der Waals surface area contributed by atoms with Crippen molar-refractivity contribution in [2.45, 2.75) is 75.8 Å². The van der Waals surface area contributed by atoms with Gasteiger partial charge < -0.3 is 50.3 Å². The summed E-state index contributed by atoms with van der Waals surface area (Å²) >= 11 is 0. The van der Waals surface area contributed by atoms with Gasteiger partial charge in [-0.1, -0.05) is 79.7 Å². The molecular formula is C47H59N3O11. The first kappa shape index (κ1) is 47.9. The minimum Gasteiger partial charge on any atom is -0.493 e. The molecule has 0 spiro atoms. The van der Waals surface area contributed by atoms with Gasteiger partial charge in [0.2, 0.25) is 5.91 Å². The molecule has 14 nitrogen and oxygen atoms in total. The number of carbonyl (C=O) groups is 4. The number of hydrogen-bond donors (Lipinski definition) is 4. The van der Waals surface area contributed by atoms with Crippen molar-refractivity contribution in [1.82, 2.24) is 5.32 Å². The Balaban J connectivity index is 0.000000222. The van der Waals surface area contributed by atoms with E-state index in [2.05, 4.69) is 5.32 Å². The zero-order valence-electron chi connectivity index (χ0n) is 36.0. The van der Waals surface area contributed by atoms with E-state index in [9.17, 15) is 19.2 Å². The summed E-state index contributed by atoms with van der Waals surface area (Å²) in [4.78, 5) is 48.2. The Kier molecular flexibility index (Phi) is 17.4. The van der Waals surface area contributed by atoms with Crippen molar-refractivity contribution in [1.29, 1.82) is 0 Å². The minimum absolute atomic E-state index is 0.00588. The molecule has 6 N–H and O–H groups in total. The number of nitrogens with one attached hydrogen (secondary N) is 1. The first-order valence-corrected chi connectivity index (χ1v) is 20.0. The second-order valence-electron chi connectivity index (χ2n) is 15.4. The third-order valence-electron chi connectivity index (χ3n) is 10.4. The highest BCUT2D eigenvalue weighted by Crippen LogP contribution is 2.31. The van der Waals surface area contributed by atoms with E-state index in [1.165, 1.54) is 0 Å². The smallest absolute Gasteiger partial charge is 0.306 e. The van der Waals surface area contributed by atoms with Crippen molar-refractivity contribution in [3.05, 3.63) is 119 Å². The topological polar surface area (TPSA) is 215 Å². The molecule has 6 rings (SSSR count). The van der Waals surface area contributed by atoms with E-state index in [1.807, 2.05) is 72.8 Å². The van der Waals surface area contributed by atoms with Gasteiger partial charge in [0.15, 0.2) is 34.6 Å². The van der Waals surface area contributed by atoms with Gasteiger partial charge >= 0.3 is 5.97 Å². The van der Waals surface area contributed by atoms with Crippen LogP contribution in [0.4, 0.5) is 0 Å². The van der Waals surface area contributed by atoms with Crippen molar-refractivity contribution >= 4 is 23.4 Å². The highest BCUT2D eigenvalue weighted by Gasteiger charge is 2.50. The fourth-order valence-corrected chi connectivity index (χ4v) is 6.36. The minimum atomic E-state index is -0.833. The average molecular weight is 842 g/mol. The third kappa shape index (κ3) is 14.1. The van der Waals surface area contributed by atoms with E-state index in [0.29, 0.717) is 61.9 Å². The molecule has 2 saturated heterocycles. The zero-order chi connectivity index (χ0) is 44.7. The van der Waals surface area contributed by atoms with Crippen LogP contribution in [0.3, 0.4) is 0 Å². The summed E-state index contributed by atoms with van der Waals surface area (Å²) in [6.07, 6.45) is 1.74. The Hall–Kier alpha value is -5.80. The number of amides is 1. The maximum Gasteiger partial charge on any atom is 0.306 e. The van der Waals surface area contributed by atoms with Gasteiger partial charge in [0.05, 0.1) is 65.7 Å². The van der Waals surface area contributed by atoms with Crippen LogP contribution in [0.1, 0.15) is 43.0 Å². The number of aliphatic carboxylic acids is 1. The normalized spacial score (nSPS) is 19.1. The van der Waals surface area contributed by atoms with Crippen LogP contribution in [0.15, 0.2) is 97.1 Å². The summed E-state index contributed by atoms with van der Waals surface area (Å²) in [6, 6.07) is 28.2. The van der Waals surface area contributed by atoms with Crippen LogP contribution in [0, 0.1) is 5.92 Å². The lowest BCUT2D eigenvalue weighted by molar-refractivity contribution is -0.141. The number of carboxylic acid groups (broad SMARTS) is 1. The quantitative estimate of drug-likeness (QED) is 0.0956. The summed E-state index contributed by atoms with van der Waals surface area (Å²) in [5.74, 6) is 0.719. The Bertz CT molecular complexity index is 2070. The number of ether oxygens (including phenoxy) is 6. The summed E-state index contributed by atoms with van der Waals surface area (Å²) in [5, 5.41) is 11.6. The predicted molar refractivity (Wildman–Crippen MR) is 230 cm³/mol. The molecule has 2 fully saturated rings. The molecule has 6 atom stereocenters. The molecule has 2 aliphatic rings. The van der Waals surface area contributed by atoms with E-state index in [4.69, 9.17) is 45.0 Å². The van der Waals surface area contributed by atoms with Gasteiger partial charge in [0.1, 0.15) is 11.2 Å². The van der Waals surface area contributed by atoms with E-state index in [0.717, 1.165) is 22.3 Å². The molecule has 2 unspecified atom stereocenters. The number of epoxide rings is 2. The molecule has 2 aliphatic heterocycles.